The fourth-order valence-electron chi connectivity index (χ4n) is 2.81. The van der Waals surface area contributed by atoms with Crippen LogP contribution in [0.4, 0.5) is 0 Å². The number of nitrogens with zero attached hydrogens (tertiary/aromatic N) is 1. The maximum absolute atomic E-state index is 9.48. The van der Waals surface area contributed by atoms with Crippen LogP contribution in [0.25, 0.3) is 30.9 Å². The lowest BCUT2D eigenvalue weighted by Crippen LogP contribution is -1.81. The van der Waals surface area contributed by atoms with Gasteiger partial charge in [0.2, 0.25) is 0 Å². The predicted molar refractivity (Wildman–Crippen MR) is 86.3 cm³/mol. The average Bonchev–Trinajstić information content (AvgIpc) is 2.86. The smallest absolute Gasteiger partial charge is 0.0998 e. The number of thiophene rings is 1. The summed E-state index contributed by atoms with van der Waals surface area (Å²) < 4.78 is 2.47. The molecule has 0 saturated heterocycles. The number of nitriles is 1. The maximum Gasteiger partial charge on any atom is 0.0998 e. The summed E-state index contributed by atoms with van der Waals surface area (Å²) in [5, 5.41) is 14.2. The normalized spacial score (nSPS) is 11.2. The first-order valence-corrected chi connectivity index (χ1v) is 7.34. The van der Waals surface area contributed by atoms with E-state index in [1.54, 1.807) is 11.3 Å². The van der Waals surface area contributed by atoms with Gasteiger partial charge in [-0.3, -0.25) is 0 Å². The van der Waals surface area contributed by atoms with Gasteiger partial charge in [-0.05, 0) is 35.9 Å². The molecular formula is C18H11NS. The van der Waals surface area contributed by atoms with E-state index in [0.29, 0.717) is 0 Å². The number of rotatable bonds is 0. The average molecular weight is 273 g/mol. The molecule has 0 atom stereocenters. The molecule has 0 N–H and O–H groups in total. The van der Waals surface area contributed by atoms with E-state index in [4.69, 9.17) is 0 Å². The van der Waals surface area contributed by atoms with Crippen LogP contribution in [-0.2, 0) is 0 Å². The number of hydrogen-bond donors (Lipinski definition) is 0. The summed E-state index contributed by atoms with van der Waals surface area (Å²) in [5.74, 6) is 0. The summed E-state index contributed by atoms with van der Waals surface area (Å²) in [6.45, 7) is 2.11. The van der Waals surface area contributed by atoms with E-state index in [2.05, 4.69) is 49.4 Å². The number of hydrogen-bond acceptors (Lipinski definition) is 2. The molecule has 0 aliphatic carbocycles. The van der Waals surface area contributed by atoms with Crippen LogP contribution >= 0.6 is 11.3 Å². The standard InChI is InChI=1S/C18H11NS/c1-11-6-7-12-9-13(10-19)17-14-4-2-3-5-16(14)20-18(17)15(12)8-11/h2-9H,1H3. The molecule has 0 unspecified atom stereocenters. The first-order valence-electron chi connectivity index (χ1n) is 6.52. The third kappa shape index (κ3) is 1.47. The minimum Gasteiger partial charge on any atom is -0.192 e. The highest BCUT2D eigenvalue weighted by molar-refractivity contribution is 7.26. The van der Waals surface area contributed by atoms with E-state index in [0.717, 1.165) is 16.3 Å². The Morgan fingerprint density at radius 3 is 2.70 bits per heavy atom. The second-order valence-corrected chi connectivity index (χ2v) is 6.12. The van der Waals surface area contributed by atoms with Gasteiger partial charge in [0.1, 0.15) is 0 Å². The first kappa shape index (κ1) is 11.5. The van der Waals surface area contributed by atoms with Crippen LogP contribution in [0.3, 0.4) is 0 Å². The van der Waals surface area contributed by atoms with Crippen LogP contribution < -0.4 is 0 Å². The molecule has 94 valence electrons. The monoisotopic (exact) mass is 273 g/mol. The lowest BCUT2D eigenvalue weighted by atomic mass is 10.00. The molecule has 0 saturated carbocycles. The van der Waals surface area contributed by atoms with Gasteiger partial charge in [-0.15, -0.1) is 11.3 Å². The highest BCUT2D eigenvalue weighted by Crippen LogP contribution is 2.40. The van der Waals surface area contributed by atoms with E-state index < -0.39 is 0 Å². The van der Waals surface area contributed by atoms with Gasteiger partial charge < -0.3 is 0 Å². The summed E-state index contributed by atoms with van der Waals surface area (Å²) in [5.41, 5.74) is 2.02. The van der Waals surface area contributed by atoms with E-state index in [1.165, 1.54) is 25.7 Å². The first-order chi connectivity index (χ1) is 9.78. The Morgan fingerprint density at radius 2 is 1.85 bits per heavy atom. The van der Waals surface area contributed by atoms with Crippen LogP contribution in [0.15, 0.2) is 48.5 Å². The van der Waals surface area contributed by atoms with E-state index >= 15 is 0 Å². The lowest BCUT2D eigenvalue weighted by Gasteiger charge is -2.03. The topological polar surface area (TPSA) is 23.8 Å². The van der Waals surface area contributed by atoms with Crippen molar-refractivity contribution >= 4 is 42.3 Å². The fourth-order valence-corrected chi connectivity index (χ4v) is 4.07. The number of aryl methyl sites for hydroxylation is 1. The van der Waals surface area contributed by atoms with Gasteiger partial charge >= 0.3 is 0 Å². The molecular weight excluding hydrogens is 262 g/mol. The molecule has 20 heavy (non-hydrogen) atoms. The van der Waals surface area contributed by atoms with Gasteiger partial charge in [-0.25, -0.2) is 0 Å². The lowest BCUT2D eigenvalue weighted by molar-refractivity contribution is 1.50. The molecule has 0 radical (unpaired) electrons. The fraction of sp³-hybridized carbons (Fsp3) is 0.0556. The van der Waals surface area contributed by atoms with Crippen molar-refractivity contribution in [2.75, 3.05) is 0 Å². The van der Waals surface area contributed by atoms with Crippen LogP contribution in [0.2, 0.25) is 0 Å². The van der Waals surface area contributed by atoms with Crippen molar-refractivity contribution < 1.29 is 0 Å². The Labute approximate surface area is 120 Å². The quantitative estimate of drug-likeness (QED) is 0.421. The molecule has 4 rings (SSSR count). The van der Waals surface area contributed by atoms with Crippen LogP contribution in [0.1, 0.15) is 11.1 Å². The van der Waals surface area contributed by atoms with Crippen LogP contribution in [0.5, 0.6) is 0 Å². The van der Waals surface area contributed by atoms with E-state index in [1.807, 2.05) is 12.1 Å². The molecule has 2 heteroatoms. The third-order valence-electron chi connectivity index (χ3n) is 3.74. The van der Waals surface area contributed by atoms with Crippen molar-refractivity contribution in [2.45, 2.75) is 6.92 Å². The molecule has 1 aromatic heterocycles. The third-order valence-corrected chi connectivity index (χ3v) is 4.94. The summed E-state index contributed by atoms with van der Waals surface area (Å²) in [6.07, 6.45) is 0. The van der Waals surface area contributed by atoms with E-state index in [-0.39, 0.29) is 0 Å². The minimum absolute atomic E-state index is 0.772. The molecule has 0 spiro atoms. The Morgan fingerprint density at radius 1 is 1.00 bits per heavy atom. The van der Waals surface area contributed by atoms with Gasteiger partial charge in [0.05, 0.1) is 11.6 Å². The Kier molecular flexibility index (Phi) is 2.33. The van der Waals surface area contributed by atoms with Gasteiger partial charge in [0.15, 0.2) is 0 Å². The van der Waals surface area contributed by atoms with Crippen molar-refractivity contribution in [1.29, 1.82) is 5.26 Å². The van der Waals surface area contributed by atoms with Crippen molar-refractivity contribution in [3.05, 3.63) is 59.7 Å². The molecule has 0 aliphatic heterocycles. The largest absolute Gasteiger partial charge is 0.192 e. The van der Waals surface area contributed by atoms with Crippen molar-refractivity contribution in [1.82, 2.24) is 0 Å². The zero-order valence-corrected chi connectivity index (χ0v) is 11.8. The summed E-state index contributed by atoms with van der Waals surface area (Å²) >= 11 is 1.78. The molecule has 1 nitrogen and oxygen atoms in total. The van der Waals surface area contributed by atoms with Crippen molar-refractivity contribution in [3.8, 4) is 6.07 Å². The number of fused-ring (bicyclic) bond motifs is 5. The second-order valence-electron chi connectivity index (χ2n) is 5.06. The Hall–Kier alpha value is -2.37. The summed E-state index contributed by atoms with van der Waals surface area (Å²) in [7, 11) is 0. The minimum atomic E-state index is 0.772. The van der Waals surface area contributed by atoms with Crippen LogP contribution in [-0.4, -0.2) is 0 Å². The molecule has 0 fully saturated rings. The van der Waals surface area contributed by atoms with Gasteiger partial charge in [-0.2, -0.15) is 5.26 Å². The highest BCUT2D eigenvalue weighted by Gasteiger charge is 2.12. The van der Waals surface area contributed by atoms with Crippen molar-refractivity contribution in [3.63, 3.8) is 0 Å². The molecule has 3 aromatic carbocycles. The number of benzene rings is 3. The Bertz CT molecular complexity index is 1020. The van der Waals surface area contributed by atoms with Crippen LogP contribution in [0, 0.1) is 18.3 Å². The van der Waals surface area contributed by atoms with Gasteiger partial charge in [0.25, 0.3) is 0 Å². The van der Waals surface area contributed by atoms with E-state index in [9.17, 15) is 5.26 Å². The highest BCUT2D eigenvalue weighted by atomic mass is 32.1. The van der Waals surface area contributed by atoms with Crippen molar-refractivity contribution in [2.24, 2.45) is 0 Å². The zero-order chi connectivity index (χ0) is 13.7. The predicted octanol–water partition coefficient (Wildman–Crippen LogP) is 5.39. The summed E-state index contributed by atoms with van der Waals surface area (Å²) in [6, 6.07) is 19.1. The van der Waals surface area contributed by atoms with Gasteiger partial charge in [-0.1, -0.05) is 35.9 Å². The molecule has 4 aromatic rings. The molecule has 0 amide bonds. The van der Waals surface area contributed by atoms with Gasteiger partial charge in [0, 0.05) is 20.2 Å². The zero-order valence-electron chi connectivity index (χ0n) is 11.0. The molecule has 0 aliphatic rings. The second kappa shape index (κ2) is 4.06. The SMILES string of the molecule is Cc1ccc2cc(C#N)c3c4ccccc4sc3c2c1. The molecule has 1 heterocycles. The Balaban J connectivity index is 2.36. The maximum atomic E-state index is 9.48. The molecule has 0 bridgehead atoms. The summed E-state index contributed by atoms with van der Waals surface area (Å²) in [4.78, 5) is 0.